The van der Waals surface area contributed by atoms with E-state index in [1.807, 2.05) is 6.92 Å². The molecule has 1 aromatic heterocycles. The number of hydrogen-bond donors (Lipinski definition) is 2. The molecule has 0 radical (unpaired) electrons. The first-order chi connectivity index (χ1) is 8.58. The Labute approximate surface area is 102 Å². The minimum atomic E-state index is -0.638. The molecular formula is C11H11FN4O2. The topological polar surface area (TPSA) is 83.8 Å². The smallest absolute Gasteiger partial charge is 0.295 e. The summed E-state index contributed by atoms with van der Waals surface area (Å²) in [6.07, 6.45) is 1.59. The highest BCUT2D eigenvalue weighted by Gasteiger charge is 2.17. The van der Waals surface area contributed by atoms with Gasteiger partial charge in [-0.25, -0.2) is 4.39 Å². The fourth-order valence-corrected chi connectivity index (χ4v) is 1.60. The van der Waals surface area contributed by atoms with Crippen LogP contribution in [0.5, 0.6) is 0 Å². The molecule has 0 saturated carbocycles. The second kappa shape index (κ2) is 4.82. The van der Waals surface area contributed by atoms with Crippen molar-refractivity contribution >= 4 is 11.4 Å². The van der Waals surface area contributed by atoms with Crippen LogP contribution in [0, 0.1) is 15.9 Å². The number of aromatic amines is 1. The van der Waals surface area contributed by atoms with Gasteiger partial charge in [-0.3, -0.25) is 15.2 Å². The molecule has 0 aliphatic rings. The van der Waals surface area contributed by atoms with E-state index in [2.05, 4.69) is 15.5 Å². The predicted octanol–water partition coefficient (Wildman–Crippen LogP) is 2.63. The van der Waals surface area contributed by atoms with Crippen LogP contribution < -0.4 is 5.32 Å². The molecule has 1 aromatic carbocycles. The van der Waals surface area contributed by atoms with E-state index in [4.69, 9.17) is 0 Å². The number of anilines is 1. The van der Waals surface area contributed by atoms with Gasteiger partial charge < -0.3 is 5.32 Å². The predicted molar refractivity (Wildman–Crippen MR) is 63.7 cm³/mol. The van der Waals surface area contributed by atoms with Gasteiger partial charge in [-0.1, -0.05) is 0 Å². The van der Waals surface area contributed by atoms with E-state index in [-0.39, 0.29) is 17.4 Å². The maximum Gasteiger partial charge on any atom is 0.295 e. The summed E-state index contributed by atoms with van der Waals surface area (Å²) in [5.41, 5.74) is 0.762. The number of nitrogens with one attached hydrogen (secondary N) is 2. The van der Waals surface area contributed by atoms with E-state index in [0.29, 0.717) is 0 Å². The SMILES string of the molecule is CC(Nc1ccc(F)cc1[N+](=O)[O-])c1ccn[nH]1. The van der Waals surface area contributed by atoms with Crippen molar-refractivity contribution in [1.82, 2.24) is 10.2 Å². The molecule has 1 unspecified atom stereocenters. The second-order valence-electron chi connectivity index (χ2n) is 3.80. The largest absolute Gasteiger partial charge is 0.371 e. The summed E-state index contributed by atoms with van der Waals surface area (Å²) in [6, 6.07) is 4.97. The van der Waals surface area contributed by atoms with Crippen molar-refractivity contribution in [2.24, 2.45) is 0 Å². The van der Waals surface area contributed by atoms with Gasteiger partial charge >= 0.3 is 0 Å². The van der Waals surface area contributed by atoms with Gasteiger partial charge in [-0.05, 0) is 25.1 Å². The van der Waals surface area contributed by atoms with Crippen LogP contribution in [-0.2, 0) is 0 Å². The highest BCUT2D eigenvalue weighted by molar-refractivity contribution is 5.62. The van der Waals surface area contributed by atoms with Crippen LogP contribution in [0.1, 0.15) is 18.7 Å². The Morgan fingerprint density at radius 3 is 2.89 bits per heavy atom. The number of halogens is 1. The normalized spacial score (nSPS) is 12.1. The fourth-order valence-electron chi connectivity index (χ4n) is 1.60. The zero-order chi connectivity index (χ0) is 13.1. The molecule has 0 aliphatic heterocycles. The number of nitro benzene ring substituents is 1. The van der Waals surface area contributed by atoms with E-state index in [9.17, 15) is 14.5 Å². The van der Waals surface area contributed by atoms with Crippen LogP contribution in [0.15, 0.2) is 30.5 Å². The van der Waals surface area contributed by atoms with Gasteiger partial charge in [0.25, 0.3) is 5.69 Å². The summed E-state index contributed by atoms with van der Waals surface area (Å²) < 4.78 is 13.0. The summed E-state index contributed by atoms with van der Waals surface area (Å²) in [4.78, 5) is 10.2. The van der Waals surface area contributed by atoms with E-state index in [1.54, 1.807) is 12.3 Å². The first-order valence-corrected chi connectivity index (χ1v) is 5.27. The lowest BCUT2D eigenvalue weighted by Gasteiger charge is -2.13. The molecule has 0 bridgehead atoms. The molecule has 94 valence electrons. The third-order valence-electron chi connectivity index (χ3n) is 2.52. The molecule has 18 heavy (non-hydrogen) atoms. The molecular weight excluding hydrogens is 239 g/mol. The van der Waals surface area contributed by atoms with Crippen LogP contribution in [-0.4, -0.2) is 15.1 Å². The molecule has 2 rings (SSSR count). The van der Waals surface area contributed by atoms with Crippen molar-refractivity contribution in [2.75, 3.05) is 5.32 Å². The number of aromatic nitrogens is 2. The molecule has 2 aromatic rings. The zero-order valence-electron chi connectivity index (χ0n) is 9.55. The van der Waals surface area contributed by atoms with Gasteiger partial charge in [0.2, 0.25) is 0 Å². The Morgan fingerprint density at radius 2 is 2.28 bits per heavy atom. The molecule has 1 atom stereocenters. The summed E-state index contributed by atoms with van der Waals surface area (Å²) in [7, 11) is 0. The van der Waals surface area contributed by atoms with Gasteiger partial charge in [0.05, 0.1) is 22.7 Å². The average molecular weight is 250 g/mol. The number of nitrogens with zero attached hydrogens (tertiary/aromatic N) is 2. The highest BCUT2D eigenvalue weighted by Crippen LogP contribution is 2.28. The van der Waals surface area contributed by atoms with E-state index < -0.39 is 10.7 Å². The average Bonchev–Trinajstić information content (AvgIpc) is 2.84. The standard InChI is InChI=1S/C11H11FN4O2/c1-7(9-4-5-13-15-9)14-10-3-2-8(12)6-11(10)16(17)18/h2-7,14H,1H3,(H,13,15). The Bertz CT molecular complexity index is 556. The van der Waals surface area contributed by atoms with E-state index >= 15 is 0 Å². The number of nitro groups is 1. The van der Waals surface area contributed by atoms with Crippen LogP contribution in [0.4, 0.5) is 15.8 Å². The van der Waals surface area contributed by atoms with Crippen LogP contribution >= 0.6 is 0 Å². The summed E-state index contributed by atoms with van der Waals surface area (Å²) in [6.45, 7) is 1.82. The maximum absolute atomic E-state index is 13.0. The van der Waals surface area contributed by atoms with Crippen molar-refractivity contribution in [3.8, 4) is 0 Å². The molecule has 0 amide bonds. The minimum Gasteiger partial charge on any atom is -0.371 e. The Kier molecular flexibility index (Phi) is 3.22. The van der Waals surface area contributed by atoms with Crippen LogP contribution in [0.2, 0.25) is 0 Å². The number of rotatable bonds is 4. The molecule has 0 spiro atoms. The van der Waals surface area contributed by atoms with Crippen molar-refractivity contribution in [3.63, 3.8) is 0 Å². The van der Waals surface area contributed by atoms with Gasteiger partial charge in [-0.2, -0.15) is 5.10 Å². The van der Waals surface area contributed by atoms with Crippen molar-refractivity contribution in [2.45, 2.75) is 13.0 Å². The minimum absolute atomic E-state index is 0.198. The summed E-state index contributed by atoms with van der Waals surface area (Å²) in [5, 5.41) is 20.3. The third kappa shape index (κ3) is 2.45. The number of H-pyrrole nitrogens is 1. The van der Waals surface area contributed by atoms with E-state index in [1.165, 1.54) is 12.1 Å². The Morgan fingerprint density at radius 1 is 1.50 bits per heavy atom. The van der Waals surface area contributed by atoms with Gasteiger partial charge in [0, 0.05) is 6.20 Å². The van der Waals surface area contributed by atoms with Gasteiger partial charge in [-0.15, -0.1) is 0 Å². The van der Waals surface area contributed by atoms with Gasteiger partial charge in [0.1, 0.15) is 11.5 Å². The van der Waals surface area contributed by atoms with Crippen LogP contribution in [0.3, 0.4) is 0 Å². The van der Waals surface area contributed by atoms with Crippen molar-refractivity contribution in [3.05, 3.63) is 52.1 Å². The summed E-state index contributed by atoms with van der Waals surface area (Å²) >= 11 is 0. The maximum atomic E-state index is 13.0. The molecule has 1 heterocycles. The number of benzene rings is 1. The molecule has 7 heteroatoms. The molecule has 2 N–H and O–H groups in total. The lowest BCUT2D eigenvalue weighted by atomic mass is 10.2. The molecule has 0 aliphatic carbocycles. The second-order valence-corrected chi connectivity index (χ2v) is 3.80. The Hall–Kier alpha value is -2.44. The lowest BCUT2D eigenvalue weighted by Crippen LogP contribution is -2.09. The third-order valence-corrected chi connectivity index (χ3v) is 2.52. The lowest BCUT2D eigenvalue weighted by molar-refractivity contribution is -0.384. The quantitative estimate of drug-likeness (QED) is 0.645. The molecule has 6 nitrogen and oxygen atoms in total. The van der Waals surface area contributed by atoms with Crippen molar-refractivity contribution < 1.29 is 9.31 Å². The fraction of sp³-hybridized carbons (Fsp3) is 0.182. The molecule has 0 saturated heterocycles. The number of hydrogen-bond acceptors (Lipinski definition) is 4. The summed E-state index contributed by atoms with van der Waals surface area (Å²) in [5.74, 6) is -0.638. The van der Waals surface area contributed by atoms with Crippen molar-refractivity contribution in [1.29, 1.82) is 0 Å². The van der Waals surface area contributed by atoms with Gasteiger partial charge in [0.15, 0.2) is 0 Å². The molecule has 0 fully saturated rings. The first-order valence-electron chi connectivity index (χ1n) is 5.27. The zero-order valence-corrected chi connectivity index (χ0v) is 9.55. The Balaban J connectivity index is 2.26. The monoisotopic (exact) mass is 250 g/mol. The first kappa shape index (κ1) is 12.0. The van der Waals surface area contributed by atoms with E-state index in [0.717, 1.165) is 11.8 Å². The highest BCUT2D eigenvalue weighted by atomic mass is 19.1. The van der Waals surface area contributed by atoms with Crippen LogP contribution in [0.25, 0.3) is 0 Å².